The lowest BCUT2D eigenvalue weighted by Gasteiger charge is -2.55. The molecule has 3 heteroatoms. The van der Waals surface area contributed by atoms with Crippen molar-refractivity contribution < 1.29 is 14.6 Å². The van der Waals surface area contributed by atoms with E-state index in [1.807, 2.05) is 6.92 Å². The fourth-order valence-electron chi connectivity index (χ4n) is 5.15. The third kappa shape index (κ3) is 2.09. The first kappa shape index (κ1) is 14.8. The lowest BCUT2D eigenvalue weighted by Crippen LogP contribution is -2.51. The summed E-state index contributed by atoms with van der Waals surface area (Å²) in [5.74, 6) is -0.365. The minimum absolute atomic E-state index is 0.0283. The molecule has 1 N–H and O–H groups in total. The van der Waals surface area contributed by atoms with Gasteiger partial charge in [-0.25, -0.2) is 0 Å². The van der Waals surface area contributed by atoms with E-state index in [4.69, 9.17) is 4.74 Å². The molecule has 0 aromatic carbocycles. The Morgan fingerprint density at radius 1 is 1.38 bits per heavy atom. The van der Waals surface area contributed by atoms with Gasteiger partial charge in [0.2, 0.25) is 0 Å². The number of hydrogen-bond donors (Lipinski definition) is 1. The Balaban J connectivity index is 2.02. The highest BCUT2D eigenvalue weighted by Crippen LogP contribution is 2.61. The smallest absolute Gasteiger partial charge is 0.309 e. The molecule has 2 unspecified atom stereocenters. The van der Waals surface area contributed by atoms with Gasteiger partial charge < -0.3 is 9.84 Å². The van der Waals surface area contributed by atoms with Crippen molar-refractivity contribution in [1.29, 1.82) is 0 Å². The molecule has 21 heavy (non-hydrogen) atoms. The van der Waals surface area contributed by atoms with Gasteiger partial charge in [0.1, 0.15) is 0 Å². The van der Waals surface area contributed by atoms with Crippen LogP contribution in [0.15, 0.2) is 23.3 Å². The van der Waals surface area contributed by atoms with E-state index in [1.54, 1.807) is 7.11 Å². The van der Waals surface area contributed by atoms with Gasteiger partial charge in [0, 0.05) is 7.11 Å². The predicted octanol–water partition coefficient (Wildman–Crippen LogP) is 3.95. The monoisotopic (exact) mass is 290 g/mol. The van der Waals surface area contributed by atoms with Gasteiger partial charge in [-0.2, -0.15) is 0 Å². The predicted molar refractivity (Wildman–Crippen MR) is 82.0 cm³/mol. The normalized spacial score (nSPS) is 42.4. The number of aliphatic carboxylic acids is 1. The Kier molecular flexibility index (Phi) is 3.52. The highest BCUT2D eigenvalue weighted by Gasteiger charge is 2.55. The van der Waals surface area contributed by atoms with Crippen LogP contribution >= 0.6 is 0 Å². The molecule has 3 rings (SSSR count). The maximum Gasteiger partial charge on any atom is 0.309 e. The van der Waals surface area contributed by atoms with E-state index in [1.165, 1.54) is 11.1 Å². The highest BCUT2D eigenvalue weighted by molar-refractivity contribution is 5.75. The Labute approximate surface area is 127 Å². The van der Waals surface area contributed by atoms with Crippen LogP contribution < -0.4 is 0 Å². The summed E-state index contributed by atoms with van der Waals surface area (Å²) in [4.78, 5) is 11.9. The molecule has 1 fully saturated rings. The molecule has 0 amide bonds. The van der Waals surface area contributed by atoms with Gasteiger partial charge in [-0.05, 0) is 55.9 Å². The summed E-state index contributed by atoms with van der Waals surface area (Å²) in [6, 6.07) is 0. The second kappa shape index (κ2) is 4.98. The van der Waals surface area contributed by atoms with Crippen molar-refractivity contribution >= 4 is 5.97 Å². The zero-order valence-corrected chi connectivity index (χ0v) is 13.3. The van der Waals surface area contributed by atoms with Gasteiger partial charge in [-0.1, -0.05) is 31.1 Å². The van der Waals surface area contributed by atoms with E-state index < -0.39 is 11.4 Å². The molecule has 0 aromatic rings. The average Bonchev–Trinajstić information content (AvgIpc) is 2.46. The SMILES string of the molecule is COC1C=CC2=C(C1)[C@@]1(C)CCCC(C)(C(=O)O)[C@@H]1CC2. The van der Waals surface area contributed by atoms with E-state index in [-0.39, 0.29) is 17.4 Å². The quantitative estimate of drug-likeness (QED) is 0.837. The van der Waals surface area contributed by atoms with Gasteiger partial charge in [0.05, 0.1) is 11.5 Å². The highest BCUT2D eigenvalue weighted by atomic mass is 16.5. The lowest BCUT2D eigenvalue weighted by atomic mass is 9.49. The van der Waals surface area contributed by atoms with E-state index in [0.717, 1.165) is 38.5 Å². The topological polar surface area (TPSA) is 46.5 Å². The minimum Gasteiger partial charge on any atom is -0.481 e. The van der Waals surface area contributed by atoms with Gasteiger partial charge in [0.25, 0.3) is 0 Å². The molecule has 0 heterocycles. The average molecular weight is 290 g/mol. The summed E-state index contributed by atoms with van der Waals surface area (Å²) in [6.07, 6.45) is 10.4. The molecule has 3 aliphatic carbocycles. The third-order valence-electron chi connectivity index (χ3n) is 6.42. The summed E-state index contributed by atoms with van der Waals surface area (Å²) in [6.45, 7) is 4.27. The molecule has 0 spiro atoms. The molecule has 116 valence electrons. The van der Waals surface area contributed by atoms with Crippen molar-refractivity contribution in [1.82, 2.24) is 0 Å². The van der Waals surface area contributed by atoms with Crippen molar-refractivity contribution in [2.75, 3.05) is 7.11 Å². The zero-order valence-electron chi connectivity index (χ0n) is 13.3. The molecular formula is C18H26O3. The third-order valence-corrected chi connectivity index (χ3v) is 6.42. The number of carboxylic acids is 1. The van der Waals surface area contributed by atoms with Crippen LogP contribution in [0.25, 0.3) is 0 Å². The van der Waals surface area contributed by atoms with Crippen molar-refractivity contribution in [2.45, 2.75) is 58.5 Å². The molecule has 0 aliphatic heterocycles. The molecule has 3 nitrogen and oxygen atoms in total. The Bertz CT molecular complexity index is 519. The molecule has 0 bridgehead atoms. The fraction of sp³-hybridized carbons (Fsp3) is 0.722. The number of carboxylic acid groups (broad SMARTS) is 1. The van der Waals surface area contributed by atoms with Crippen molar-refractivity contribution in [3.8, 4) is 0 Å². The lowest BCUT2D eigenvalue weighted by molar-refractivity contribution is -0.159. The fourth-order valence-corrected chi connectivity index (χ4v) is 5.15. The van der Waals surface area contributed by atoms with Crippen molar-refractivity contribution in [3.05, 3.63) is 23.3 Å². The van der Waals surface area contributed by atoms with E-state index >= 15 is 0 Å². The van der Waals surface area contributed by atoms with Crippen LogP contribution in [0.1, 0.15) is 52.4 Å². The molecule has 0 aromatic heterocycles. The second-order valence-electron chi connectivity index (χ2n) is 7.43. The van der Waals surface area contributed by atoms with Crippen LogP contribution in [0.3, 0.4) is 0 Å². The van der Waals surface area contributed by atoms with E-state index in [9.17, 15) is 9.90 Å². The molecule has 3 aliphatic rings. The van der Waals surface area contributed by atoms with Crippen LogP contribution in [-0.2, 0) is 9.53 Å². The van der Waals surface area contributed by atoms with Crippen molar-refractivity contribution in [2.24, 2.45) is 16.7 Å². The van der Waals surface area contributed by atoms with Crippen LogP contribution in [0.2, 0.25) is 0 Å². The second-order valence-corrected chi connectivity index (χ2v) is 7.43. The Morgan fingerprint density at radius 3 is 2.81 bits per heavy atom. The number of hydrogen-bond acceptors (Lipinski definition) is 2. The Hall–Kier alpha value is -1.09. The molecule has 1 saturated carbocycles. The molecule has 4 atom stereocenters. The number of allylic oxidation sites excluding steroid dienone is 2. The van der Waals surface area contributed by atoms with E-state index in [0.29, 0.717) is 0 Å². The maximum absolute atomic E-state index is 11.9. The molecule has 0 radical (unpaired) electrons. The van der Waals surface area contributed by atoms with Crippen LogP contribution in [0, 0.1) is 16.7 Å². The summed E-state index contributed by atoms with van der Waals surface area (Å²) >= 11 is 0. The summed E-state index contributed by atoms with van der Waals surface area (Å²) < 4.78 is 5.53. The first-order valence-electron chi connectivity index (χ1n) is 8.09. The standard InChI is InChI=1S/C18H26O3/c1-17-9-4-10-18(2,16(19)20)15(17)8-6-12-5-7-13(21-3)11-14(12)17/h5,7,13,15H,4,6,8-11H2,1-3H3,(H,19,20)/t13?,15-,17-,18?/m1/s1. The maximum atomic E-state index is 11.9. The van der Waals surface area contributed by atoms with E-state index in [2.05, 4.69) is 19.1 Å². The van der Waals surface area contributed by atoms with Crippen LogP contribution in [0.4, 0.5) is 0 Å². The summed E-state index contributed by atoms with van der Waals surface area (Å²) in [7, 11) is 1.76. The number of rotatable bonds is 2. The largest absolute Gasteiger partial charge is 0.481 e. The van der Waals surface area contributed by atoms with Gasteiger partial charge in [0.15, 0.2) is 0 Å². The number of methoxy groups -OCH3 is 1. The molecular weight excluding hydrogens is 264 g/mol. The minimum atomic E-state index is -0.614. The zero-order chi connectivity index (χ0) is 15.3. The van der Waals surface area contributed by atoms with Gasteiger partial charge >= 0.3 is 5.97 Å². The Morgan fingerprint density at radius 2 is 2.14 bits per heavy atom. The molecule has 0 saturated heterocycles. The first-order chi connectivity index (χ1) is 9.91. The van der Waals surface area contributed by atoms with Crippen LogP contribution in [-0.4, -0.2) is 24.3 Å². The van der Waals surface area contributed by atoms with Gasteiger partial charge in [-0.3, -0.25) is 4.79 Å². The summed E-state index contributed by atoms with van der Waals surface area (Å²) in [5.41, 5.74) is 2.37. The number of ether oxygens (including phenoxy) is 1. The number of carbonyl (C=O) groups is 1. The summed E-state index contributed by atoms with van der Waals surface area (Å²) in [5, 5.41) is 9.79. The van der Waals surface area contributed by atoms with Crippen LogP contribution in [0.5, 0.6) is 0 Å². The van der Waals surface area contributed by atoms with Gasteiger partial charge in [-0.15, -0.1) is 0 Å². The number of fused-ring (bicyclic) bond motifs is 2. The first-order valence-corrected chi connectivity index (χ1v) is 8.09. The van der Waals surface area contributed by atoms with Crippen molar-refractivity contribution in [3.63, 3.8) is 0 Å².